The van der Waals surface area contributed by atoms with E-state index in [0.29, 0.717) is 24.9 Å². The number of amides is 1. The van der Waals surface area contributed by atoms with Crippen LogP contribution in [0.2, 0.25) is 0 Å². The van der Waals surface area contributed by atoms with Crippen molar-refractivity contribution in [3.05, 3.63) is 17.5 Å². The van der Waals surface area contributed by atoms with Gasteiger partial charge in [-0.3, -0.25) is 4.79 Å². The molecule has 1 aromatic heterocycles. The van der Waals surface area contributed by atoms with Crippen LogP contribution in [0.15, 0.2) is 10.6 Å². The summed E-state index contributed by atoms with van der Waals surface area (Å²) in [6.07, 6.45) is 4.35. The molecule has 0 radical (unpaired) electrons. The highest BCUT2D eigenvalue weighted by molar-refractivity contribution is 5.91. The fourth-order valence-corrected chi connectivity index (χ4v) is 2.20. The maximum absolute atomic E-state index is 11.6. The van der Waals surface area contributed by atoms with Crippen molar-refractivity contribution in [2.45, 2.75) is 44.8 Å². The molecular weight excluding hydrogens is 246 g/mol. The first-order valence-electron chi connectivity index (χ1n) is 6.74. The SMILES string of the molecule is Cc1cc(C(=O)NCCOC2CCC(N)CC2)on1. The van der Waals surface area contributed by atoms with E-state index < -0.39 is 0 Å². The molecule has 0 saturated heterocycles. The summed E-state index contributed by atoms with van der Waals surface area (Å²) >= 11 is 0. The molecule has 1 saturated carbocycles. The van der Waals surface area contributed by atoms with Crippen LogP contribution in [-0.4, -0.2) is 36.4 Å². The second kappa shape index (κ2) is 6.68. The number of aromatic nitrogens is 1. The molecule has 2 rings (SSSR count). The summed E-state index contributed by atoms with van der Waals surface area (Å²) in [4.78, 5) is 11.6. The third kappa shape index (κ3) is 4.33. The first-order valence-corrected chi connectivity index (χ1v) is 6.74. The second-order valence-corrected chi connectivity index (χ2v) is 5.00. The Kier molecular flexibility index (Phi) is 4.93. The molecule has 106 valence electrons. The first-order chi connectivity index (χ1) is 9.15. The molecule has 0 aromatic carbocycles. The largest absolute Gasteiger partial charge is 0.376 e. The minimum atomic E-state index is -0.255. The number of rotatable bonds is 5. The van der Waals surface area contributed by atoms with Crippen LogP contribution in [0.25, 0.3) is 0 Å². The lowest BCUT2D eigenvalue weighted by Crippen LogP contribution is -2.32. The van der Waals surface area contributed by atoms with Crippen molar-refractivity contribution in [3.8, 4) is 0 Å². The van der Waals surface area contributed by atoms with E-state index in [1.54, 1.807) is 13.0 Å². The molecular formula is C13H21N3O3. The zero-order valence-corrected chi connectivity index (χ0v) is 11.2. The van der Waals surface area contributed by atoms with E-state index in [2.05, 4.69) is 10.5 Å². The van der Waals surface area contributed by atoms with Gasteiger partial charge < -0.3 is 20.3 Å². The molecule has 19 heavy (non-hydrogen) atoms. The normalized spacial score (nSPS) is 23.3. The van der Waals surface area contributed by atoms with Crippen molar-refractivity contribution in [1.29, 1.82) is 0 Å². The van der Waals surface area contributed by atoms with Crippen LogP contribution in [0.3, 0.4) is 0 Å². The fraction of sp³-hybridized carbons (Fsp3) is 0.692. The van der Waals surface area contributed by atoms with Gasteiger partial charge in [0.15, 0.2) is 0 Å². The predicted molar refractivity (Wildman–Crippen MR) is 69.8 cm³/mol. The standard InChI is InChI=1S/C13H21N3O3/c1-9-8-12(19-16-9)13(17)15-6-7-18-11-4-2-10(14)3-5-11/h8,10-11H,2-7,14H2,1H3,(H,15,17). The van der Waals surface area contributed by atoms with E-state index in [4.69, 9.17) is 15.0 Å². The number of nitrogens with one attached hydrogen (secondary N) is 1. The van der Waals surface area contributed by atoms with Crippen molar-refractivity contribution < 1.29 is 14.1 Å². The Hall–Kier alpha value is -1.40. The average Bonchev–Trinajstić information content (AvgIpc) is 2.83. The number of aryl methyl sites for hydroxylation is 1. The first kappa shape index (κ1) is 14.0. The highest BCUT2D eigenvalue weighted by atomic mass is 16.5. The van der Waals surface area contributed by atoms with Crippen LogP contribution in [0, 0.1) is 6.92 Å². The van der Waals surface area contributed by atoms with E-state index in [-0.39, 0.29) is 17.8 Å². The third-order valence-corrected chi connectivity index (χ3v) is 3.31. The van der Waals surface area contributed by atoms with Crippen LogP contribution >= 0.6 is 0 Å². The summed E-state index contributed by atoms with van der Waals surface area (Å²) in [5.41, 5.74) is 6.52. The van der Waals surface area contributed by atoms with Gasteiger partial charge in [-0.1, -0.05) is 5.16 Å². The molecule has 6 heteroatoms. The van der Waals surface area contributed by atoms with Crippen molar-refractivity contribution >= 4 is 5.91 Å². The quantitative estimate of drug-likeness (QED) is 0.777. The Bertz CT molecular complexity index is 411. The number of nitrogens with zero attached hydrogens (tertiary/aromatic N) is 1. The predicted octanol–water partition coefficient (Wildman–Crippen LogP) is 0.999. The van der Waals surface area contributed by atoms with Crippen molar-refractivity contribution in [2.75, 3.05) is 13.2 Å². The van der Waals surface area contributed by atoms with E-state index in [1.165, 1.54) is 0 Å². The van der Waals surface area contributed by atoms with Crippen LogP contribution in [-0.2, 0) is 4.74 Å². The Morgan fingerprint density at radius 1 is 1.53 bits per heavy atom. The lowest BCUT2D eigenvalue weighted by atomic mass is 9.94. The Morgan fingerprint density at radius 3 is 2.89 bits per heavy atom. The lowest BCUT2D eigenvalue weighted by molar-refractivity contribution is 0.0266. The molecule has 1 aliphatic carbocycles. The summed E-state index contributed by atoms with van der Waals surface area (Å²) in [6, 6.07) is 1.94. The Balaban J connectivity index is 1.60. The van der Waals surface area contributed by atoms with Crippen LogP contribution in [0.5, 0.6) is 0 Å². The van der Waals surface area contributed by atoms with Crippen molar-refractivity contribution in [2.24, 2.45) is 5.73 Å². The fourth-order valence-electron chi connectivity index (χ4n) is 2.20. The number of nitrogens with two attached hydrogens (primary N) is 1. The van der Waals surface area contributed by atoms with Gasteiger partial charge in [-0.2, -0.15) is 0 Å². The van der Waals surface area contributed by atoms with Gasteiger partial charge >= 0.3 is 0 Å². The highest BCUT2D eigenvalue weighted by Crippen LogP contribution is 2.19. The van der Waals surface area contributed by atoms with E-state index in [1.807, 2.05) is 0 Å². The maximum atomic E-state index is 11.6. The topological polar surface area (TPSA) is 90.4 Å². The van der Waals surface area contributed by atoms with Gasteiger partial charge in [0.05, 0.1) is 18.4 Å². The third-order valence-electron chi connectivity index (χ3n) is 3.31. The van der Waals surface area contributed by atoms with Crippen molar-refractivity contribution in [3.63, 3.8) is 0 Å². The maximum Gasteiger partial charge on any atom is 0.289 e. The zero-order chi connectivity index (χ0) is 13.7. The zero-order valence-electron chi connectivity index (χ0n) is 11.2. The van der Waals surface area contributed by atoms with E-state index in [9.17, 15) is 4.79 Å². The smallest absolute Gasteiger partial charge is 0.289 e. The molecule has 0 bridgehead atoms. The molecule has 1 heterocycles. The number of carbonyl (C=O) groups is 1. The Labute approximate surface area is 112 Å². The molecule has 1 aliphatic rings. The molecule has 6 nitrogen and oxygen atoms in total. The van der Waals surface area contributed by atoms with Gasteiger partial charge in [-0.15, -0.1) is 0 Å². The van der Waals surface area contributed by atoms with Gasteiger partial charge in [-0.25, -0.2) is 0 Å². The minimum absolute atomic E-state index is 0.237. The minimum Gasteiger partial charge on any atom is -0.376 e. The summed E-state index contributed by atoms with van der Waals surface area (Å²) < 4.78 is 10.6. The van der Waals surface area contributed by atoms with Gasteiger partial charge in [0.1, 0.15) is 0 Å². The number of ether oxygens (including phenoxy) is 1. The van der Waals surface area contributed by atoms with Crippen molar-refractivity contribution in [1.82, 2.24) is 10.5 Å². The summed E-state index contributed by atoms with van der Waals surface area (Å²) in [6.45, 7) is 2.76. The van der Waals surface area contributed by atoms with Crippen LogP contribution in [0.1, 0.15) is 41.9 Å². The van der Waals surface area contributed by atoms with E-state index >= 15 is 0 Å². The molecule has 1 fully saturated rings. The van der Waals surface area contributed by atoms with Gasteiger partial charge in [-0.05, 0) is 32.6 Å². The number of hydrogen-bond donors (Lipinski definition) is 2. The molecule has 1 aromatic rings. The second-order valence-electron chi connectivity index (χ2n) is 5.00. The number of carbonyl (C=O) groups excluding carboxylic acids is 1. The summed E-state index contributed by atoms with van der Waals surface area (Å²) in [5, 5.41) is 6.41. The monoisotopic (exact) mass is 267 g/mol. The molecule has 0 aliphatic heterocycles. The molecule has 0 unspecified atom stereocenters. The molecule has 0 spiro atoms. The van der Waals surface area contributed by atoms with Gasteiger partial charge in [0.2, 0.25) is 5.76 Å². The number of hydrogen-bond acceptors (Lipinski definition) is 5. The Morgan fingerprint density at radius 2 is 2.26 bits per heavy atom. The molecule has 3 N–H and O–H groups in total. The highest BCUT2D eigenvalue weighted by Gasteiger charge is 2.18. The van der Waals surface area contributed by atoms with Crippen LogP contribution < -0.4 is 11.1 Å². The summed E-state index contributed by atoms with van der Waals surface area (Å²) in [7, 11) is 0. The molecule has 0 atom stereocenters. The van der Waals surface area contributed by atoms with Gasteiger partial charge in [0.25, 0.3) is 5.91 Å². The molecule has 1 amide bonds. The average molecular weight is 267 g/mol. The van der Waals surface area contributed by atoms with E-state index in [0.717, 1.165) is 25.7 Å². The van der Waals surface area contributed by atoms with Gasteiger partial charge in [0, 0.05) is 18.7 Å². The lowest BCUT2D eigenvalue weighted by Gasteiger charge is -2.26. The van der Waals surface area contributed by atoms with Crippen LogP contribution in [0.4, 0.5) is 0 Å². The summed E-state index contributed by atoms with van der Waals surface area (Å²) in [5.74, 6) is -0.0176.